The topological polar surface area (TPSA) is 86.7 Å². The van der Waals surface area contributed by atoms with Crippen LogP contribution in [-0.4, -0.2) is 46.9 Å². The summed E-state index contributed by atoms with van der Waals surface area (Å²) in [4.78, 5) is 35.7. The molecule has 2 N–H and O–H groups in total. The molecule has 0 saturated carbocycles. The number of nitrogens with one attached hydrogen (secondary N) is 1. The number of amides is 2. The number of aliphatic carboxylic acids is 1. The van der Waals surface area contributed by atoms with Gasteiger partial charge in [0.05, 0.1) is 6.42 Å². The highest BCUT2D eigenvalue weighted by Gasteiger charge is 2.34. The largest absolute Gasteiger partial charge is 0.481 e. The second-order valence-corrected chi connectivity index (χ2v) is 4.40. The summed E-state index contributed by atoms with van der Waals surface area (Å²) in [5.41, 5.74) is 0. The van der Waals surface area contributed by atoms with E-state index in [1.807, 2.05) is 0 Å². The van der Waals surface area contributed by atoms with E-state index in [2.05, 4.69) is 11.2 Å². The number of carbonyl (C=O) groups is 3. The van der Waals surface area contributed by atoms with Gasteiger partial charge in [-0.15, -0.1) is 12.3 Å². The minimum Gasteiger partial charge on any atom is -0.481 e. The highest BCUT2D eigenvalue weighted by molar-refractivity contribution is 5.91. The number of rotatable bonds is 6. The fraction of sp³-hybridized carbons (Fsp3) is 0.615. The van der Waals surface area contributed by atoms with Crippen LogP contribution in [0.2, 0.25) is 0 Å². The van der Waals surface area contributed by atoms with E-state index in [9.17, 15) is 14.4 Å². The molecule has 0 bridgehead atoms. The van der Waals surface area contributed by atoms with Gasteiger partial charge in [-0.25, -0.2) is 0 Å². The molecule has 0 radical (unpaired) electrons. The number of carboxylic acid groups (broad SMARTS) is 1. The molecule has 0 aromatic rings. The first-order valence-electron chi connectivity index (χ1n) is 6.28. The summed E-state index contributed by atoms with van der Waals surface area (Å²) in [6.07, 6.45) is 7.08. The molecule has 0 spiro atoms. The van der Waals surface area contributed by atoms with Crippen LogP contribution in [0.15, 0.2) is 0 Å². The van der Waals surface area contributed by atoms with Gasteiger partial charge in [0.2, 0.25) is 11.8 Å². The lowest BCUT2D eigenvalue weighted by Crippen LogP contribution is -2.57. The summed E-state index contributed by atoms with van der Waals surface area (Å²) in [6.45, 7) is 0.725. The van der Waals surface area contributed by atoms with E-state index in [4.69, 9.17) is 11.5 Å². The van der Waals surface area contributed by atoms with Crippen LogP contribution in [0, 0.1) is 12.3 Å². The summed E-state index contributed by atoms with van der Waals surface area (Å²) >= 11 is 0. The Morgan fingerprint density at radius 2 is 2.21 bits per heavy atom. The van der Waals surface area contributed by atoms with Crippen LogP contribution in [0.25, 0.3) is 0 Å². The fourth-order valence-corrected chi connectivity index (χ4v) is 2.03. The van der Waals surface area contributed by atoms with Crippen LogP contribution < -0.4 is 5.32 Å². The van der Waals surface area contributed by atoms with Crippen molar-refractivity contribution in [2.24, 2.45) is 0 Å². The van der Waals surface area contributed by atoms with Gasteiger partial charge in [-0.3, -0.25) is 14.4 Å². The molecule has 6 heteroatoms. The van der Waals surface area contributed by atoms with Gasteiger partial charge in [0.1, 0.15) is 6.04 Å². The summed E-state index contributed by atoms with van der Waals surface area (Å²) in [5.74, 6) is 0.826. The first-order valence-corrected chi connectivity index (χ1v) is 6.28. The first-order chi connectivity index (χ1) is 9.06. The molecule has 1 unspecified atom stereocenters. The van der Waals surface area contributed by atoms with E-state index in [1.165, 1.54) is 4.90 Å². The van der Waals surface area contributed by atoms with Crippen molar-refractivity contribution in [2.45, 2.75) is 38.1 Å². The van der Waals surface area contributed by atoms with Gasteiger partial charge in [0.15, 0.2) is 0 Å². The Labute approximate surface area is 112 Å². The molecule has 1 rings (SSSR count). The van der Waals surface area contributed by atoms with E-state index in [1.54, 1.807) is 0 Å². The van der Waals surface area contributed by atoms with Crippen LogP contribution in [-0.2, 0) is 14.4 Å². The SMILES string of the molecule is C#CCCCCC(=O)N1CCNC(=O)C1CC(=O)O. The minimum absolute atomic E-state index is 0.182. The third kappa shape index (κ3) is 4.62. The highest BCUT2D eigenvalue weighted by atomic mass is 16.4. The van der Waals surface area contributed by atoms with Gasteiger partial charge in [-0.05, 0) is 12.8 Å². The zero-order valence-corrected chi connectivity index (χ0v) is 10.7. The molecule has 0 aliphatic carbocycles. The molecular formula is C13H18N2O4. The molecule has 1 aliphatic rings. The molecule has 0 aromatic heterocycles. The van der Waals surface area contributed by atoms with Crippen molar-refractivity contribution in [1.29, 1.82) is 0 Å². The molecule has 0 aromatic carbocycles. The lowest BCUT2D eigenvalue weighted by molar-refractivity contribution is -0.148. The first kappa shape index (κ1) is 15.0. The van der Waals surface area contributed by atoms with Crippen LogP contribution >= 0.6 is 0 Å². The third-order valence-electron chi connectivity index (χ3n) is 2.98. The second kappa shape index (κ2) is 7.41. The Hall–Kier alpha value is -2.03. The standard InChI is InChI=1S/C13H18N2O4/c1-2-3-4-5-6-11(16)15-8-7-14-13(19)10(15)9-12(17)18/h1,10H,3-9H2,(H,14,19)(H,17,18). The van der Waals surface area contributed by atoms with Gasteiger partial charge in [-0.1, -0.05) is 0 Å². The minimum atomic E-state index is -1.09. The number of carbonyl (C=O) groups excluding carboxylic acids is 2. The zero-order chi connectivity index (χ0) is 14.3. The fourth-order valence-electron chi connectivity index (χ4n) is 2.03. The van der Waals surface area contributed by atoms with Crippen LogP contribution in [0.1, 0.15) is 32.1 Å². The lowest BCUT2D eigenvalue weighted by Gasteiger charge is -2.34. The average molecular weight is 266 g/mol. The molecule has 6 nitrogen and oxygen atoms in total. The Kier molecular flexibility index (Phi) is 5.86. The molecule has 1 atom stereocenters. The van der Waals surface area contributed by atoms with Crippen LogP contribution in [0.3, 0.4) is 0 Å². The summed E-state index contributed by atoms with van der Waals surface area (Å²) < 4.78 is 0. The summed E-state index contributed by atoms with van der Waals surface area (Å²) in [5, 5.41) is 11.4. The van der Waals surface area contributed by atoms with Gasteiger partial charge in [0, 0.05) is 25.9 Å². The number of nitrogens with zero attached hydrogens (tertiary/aromatic N) is 1. The number of unbranched alkanes of at least 4 members (excludes halogenated alkanes) is 2. The maximum atomic E-state index is 12.0. The molecule has 1 saturated heterocycles. The summed E-state index contributed by atoms with van der Waals surface area (Å²) in [7, 11) is 0. The van der Waals surface area contributed by atoms with Crippen molar-refractivity contribution < 1.29 is 19.5 Å². The van der Waals surface area contributed by atoms with Gasteiger partial charge in [-0.2, -0.15) is 0 Å². The predicted molar refractivity (Wildman–Crippen MR) is 68.1 cm³/mol. The predicted octanol–water partition coefficient (Wildman–Crippen LogP) is -0.0183. The quantitative estimate of drug-likeness (QED) is 0.522. The average Bonchev–Trinajstić information content (AvgIpc) is 2.36. The van der Waals surface area contributed by atoms with Crippen molar-refractivity contribution in [3.05, 3.63) is 0 Å². The summed E-state index contributed by atoms with van der Waals surface area (Å²) in [6, 6.07) is -0.897. The zero-order valence-electron chi connectivity index (χ0n) is 10.7. The van der Waals surface area contributed by atoms with E-state index in [0.717, 1.165) is 6.42 Å². The second-order valence-electron chi connectivity index (χ2n) is 4.40. The number of piperazine rings is 1. The molecule has 1 fully saturated rings. The third-order valence-corrected chi connectivity index (χ3v) is 2.98. The van der Waals surface area contributed by atoms with E-state index >= 15 is 0 Å². The lowest BCUT2D eigenvalue weighted by atomic mass is 10.1. The Bertz CT molecular complexity index is 400. The molecule has 104 valence electrons. The number of hydrogen-bond acceptors (Lipinski definition) is 3. The van der Waals surface area contributed by atoms with Crippen molar-refractivity contribution in [1.82, 2.24) is 10.2 Å². The van der Waals surface area contributed by atoms with Crippen molar-refractivity contribution in [2.75, 3.05) is 13.1 Å². The van der Waals surface area contributed by atoms with Crippen LogP contribution in [0.5, 0.6) is 0 Å². The van der Waals surface area contributed by atoms with Gasteiger partial charge in [0.25, 0.3) is 0 Å². The number of carboxylic acids is 1. The number of hydrogen-bond donors (Lipinski definition) is 2. The van der Waals surface area contributed by atoms with E-state index < -0.39 is 17.9 Å². The molecule has 19 heavy (non-hydrogen) atoms. The Morgan fingerprint density at radius 3 is 2.84 bits per heavy atom. The van der Waals surface area contributed by atoms with Crippen LogP contribution in [0.4, 0.5) is 0 Å². The maximum absolute atomic E-state index is 12.0. The monoisotopic (exact) mass is 266 g/mol. The Morgan fingerprint density at radius 1 is 1.47 bits per heavy atom. The maximum Gasteiger partial charge on any atom is 0.305 e. The normalized spacial score (nSPS) is 18.6. The van der Waals surface area contributed by atoms with Crippen molar-refractivity contribution in [3.63, 3.8) is 0 Å². The van der Waals surface area contributed by atoms with E-state index in [0.29, 0.717) is 32.4 Å². The molecular weight excluding hydrogens is 248 g/mol. The van der Waals surface area contributed by atoms with Crippen molar-refractivity contribution in [3.8, 4) is 12.3 Å². The number of terminal acetylenes is 1. The van der Waals surface area contributed by atoms with Gasteiger partial charge >= 0.3 is 5.97 Å². The Balaban J connectivity index is 2.56. The highest BCUT2D eigenvalue weighted by Crippen LogP contribution is 2.12. The molecule has 1 aliphatic heterocycles. The van der Waals surface area contributed by atoms with Crippen molar-refractivity contribution >= 4 is 17.8 Å². The smallest absolute Gasteiger partial charge is 0.305 e. The molecule has 1 heterocycles. The molecule has 2 amide bonds. The van der Waals surface area contributed by atoms with E-state index in [-0.39, 0.29) is 12.3 Å². The van der Waals surface area contributed by atoms with Gasteiger partial charge < -0.3 is 15.3 Å².